The van der Waals surface area contributed by atoms with Crippen LogP contribution in [0.25, 0.3) is 0 Å². The van der Waals surface area contributed by atoms with Crippen LogP contribution in [0.4, 0.5) is 5.69 Å². The third kappa shape index (κ3) is 2.38. The first-order valence-electron chi connectivity index (χ1n) is 5.61. The van der Waals surface area contributed by atoms with Crippen molar-refractivity contribution < 1.29 is 0 Å². The molecule has 0 saturated carbocycles. The second-order valence-corrected chi connectivity index (χ2v) is 5.20. The Hall–Kier alpha value is -1.01. The van der Waals surface area contributed by atoms with Gasteiger partial charge in [0.05, 0.1) is 12.0 Å². The van der Waals surface area contributed by atoms with Crippen molar-refractivity contribution in [2.45, 2.75) is 19.8 Å². The van der Waals surface area contributed by atoms with Gasteiger partial charge in [0.15, 0.2) is 0 Å². The second kappa shape index (κ2) is 4.88. The summed E-state index contributed by atoms with van der Waals surface area (Å²) in [5.74, 6) is 0.192. The van der Waals surface area contributed by atoms with Gasteiger partial charge in [-0.15, -0.1) is 0 Å². The summed E-state index contributed by atoms with van der Waals surface area (Å²) in [6, 6.07) is 8.77. The predicted octanol–water partition coefficient (Wildman–Crippen LogP) is 3.50. The molecule has 1 aromatic rings. The van der Waals surface area contributed by atoms with Crippen LogP contribution in [-0.2, 0) is 0 Å². The lowest BCUT2D eigenvalue weighted by atomic mass is 9.99. The maximum atomic E-state index is 8.97. The van der Waals surface area contributed by atoms with Crippen LogP contribution in [0.1, 0.15) is 18.4 Å². The van der Waals surface area contributed by atoms with E-state index in [2.05, 4.69) is 52.0 Å². The Balaban J connectivity index is 2.17. The van der Waals surface area contributed by atoms with Gasteiger partial charge in [-0.25, -0.2) is 0 Å². The molecule has 0 aliphatic carbocycles. The van der Waals surface area contributed by atoms with Gasteiger partial charge in [-0.2, -0.15) is 5.26 Å². The lowest BCUT2D eigenvalue weighted by Crippen LogP contribution is -2.34. The van der Waals surface area contributed by atoms with E-state index in [-0.39, 0.29) is 5.92 Å². The molecule has 2 nitrogen and oxygen atoms in total. The van der Waals surface area contributed by atoms with Crippen LogP contribution >= 0.6 is 15.9 Å². The van der Waals surface area contributed by atoms with Crippen LogP contribution in [0.5, 0.6) is 0 Å². The fourth-order valence-corrected chi connectivity index (χ4v) is 2.39. The van der Waals surface area contributed by atoms with Gasteiger partial charge in [0, 0.05) is 23.2 Å². The summed E-state index contributed by atoms with van der Waals surface area (Å²) in [5, 5.41) is 8.97. The average molecular weight is 279 g/mol. The molecule has 0 bridgehead atoms. The summed E-state index contributed by atoms with van der Waals surface area (Å²) < 4.78 is 1.14. The number of nitriles is 1. The molecule has 0 spiro atoms. The molecule has 1 aromatic carbocycles. The number of aryl methyl sites for hydroxylation is 1. The Kier molecular flexibility index (Phi) is 3.50. The molecule has 1 aliphatic rings. The van der Waals surface area contributed by atoms with Gasteiger partial charge in [-0.3, -0.25) is 0 Å². The first-order chi connectivity index (χ1) is 7.70. The van der Waals surface area contributed by atoms with E-state index in [0.717, 1.165) is 30.4 Å². The molecule has 1 aliphatic heterocycles. The van der Waals surface area contributed by atoms with E-state index >= 15 is 0 Å². The number of nitrogens with zero attached hydrogens (tertiary/aromatic N) is 2. The Morgan fingerprint density at radius 1 is 1.50 bits per heavy atom. The molecule has 1 unspecified atom stereocenters. The van der Waals surface area contributed by atoms with Gasteiger partial charge >= 0.3 is 0 Å². The minimum atomic E-state index is 0.192. The molecule has 3 heteroatoms. The molecule has 1 atom stereocenters. The highest BCUT2D eigenvalue weighted by Gasteiger charge is 2.19. The zero-order valence-corrected chi connectivity index (χ0v) is 11.0. The van der Waals surface area contributed by atoms with Crippen molar-refractivity contribution >= 4 is 21.6 Å². The molecule has 1 fully saturated rings. The minimum Gasteiger partial charge on any atom is -0.370 e. The van der Waals surface area contributed by atoms with Gasteiger partial charge < -0.3 is 4.90 Å². The Labute approximate surface area is 105 Å². The summed E-state index contributed by atoms with van der Waals surface area (Å²) in [6.07, 6.45) is 2.16. The molecule has 84 valence electrons. The molecule has 0 aromatic heterocycles. The van der Waals surface area contributed by atoms with E-state index < -0.39 is 0 Å². The summed E-state index contributed by atoms with van der Waals surface area (Å²) >= 11 is 3.51. The minimum absolute atomic E-state index is 0.192. The Morgan fingerprint density at radius 3 is 3.00 bits per heavy atom. The quantitative estimate of drug-likeness (QED) is 0.786. The highest BCUT2D eigenvalue weighted by Crippen LogP contribution is 2.26. The van der Waals surface area contributed by atoms with Crippen LogP contribution in [0.2, 0.25) is 0 Å². The van der Waals surface area contributed by atoms with Crippen LogP contribution < -0.4 is 4.90 Å². The normalized spacial score (nSPS) is 20.6. The maximum absolute atomic E-state index is 8.97. The number of rotatable bonds is 1. The van der Waals surface area contributed by atoms with Crippen molar-refractivity contribution in [3.05, 3.63) is 28.2 Å². The first kappa shape index (κ1) is 11.5. The smallest absolute Gasteiger partial charge is 0.0674 e. The average Bonchev–Trinajstić information content (AvgIpc) is 2.33. The van der Waals surface area contributed by atoms with Crippen LogP contribution in [-0.4, -0.2) is 13.1 Å². The maximum Gasteiger partial charge on any atom is 0.0674 e. The van der Waals surface area contributed by atoms with Gasteiger partial charge in [0.1, 0.15) is 0 Å². The molecule has 0 radical (unpaired) electrons. The van der Waals surface area contributed by atoms with Crippen molar-refractivity contribution in [3.63, 3.8) is 0 Å². The van der Waals surface area contributed by atoms with Crippen LogP contribution in [0, 0.1) is 24.2 Å². The second-order valence-electron chi connectivity index (χ2n) is 4.35. The summed E-state index contributed by atoms with van der Waals surface area (Å²) in [4.78, 5) is 2.32. The fourth-order valence-electron chi connectivity index (χ4n) is 2.14. The number of hydrogen-bond acceptors (Lipinski definition) is 2. The number of benzene rings is 1. The largest absolute Gasteiger partial charge is 0.370 e. The van der Waals surface area contributed by atoms with E-state index in [1.807, 2.05) is 0 Å². The lowest BCUT2D eigenvalue weighted by molar-refractivity contribution is 0.493. The van der Waals surface area contributed by atoms with Gasteiger partial charge in [0.2, 0.25) is 0 Å². The predicted molar refractivity (Wildman–Crippen MR) is 69.4 cm³/mol. The molecular formula is C13H15BrN2. The van der Waals surface area contributed by atoms with Crippen molar-refractivity contribution in [2.24, 2.45) is 5.92 Å². The molecule has 16 heavy (non-hydrogen) atoms. The van der Waals surface area contributed by atoms with Crippen molar-refractivity contribution in [1.29, 1.82) is 5.26 Å². The van der Waals surface area contributed by atoms with E-state index in [9.17, 15) is 0 Å². The standard InChI is InChI=1S/C13H15BrN2/c1-10-7-12(4-5-13(10)14)16-6-2-3-11(8-15)9-16/h4-5,7,11H,2-3,6,9H2,1H3. The fraction of sp³-hybridized carbons (Fsp3) is 0.462. The number of halogens is 1. The number of hydrogen-bond donors (Lipinski definition) is 0. The van der Waals surface area contributed by atoms with Gasteiger partial charge in [-0.1, -0.05) is 15.9 Å². The lowest BCUT2D eigenvalue weighted by Gasteiger charge is -2.31. The topological polar surface area (TPSA) is 27.0 Å². The summed E-state index contributed by atoms with van der Waals surface area (Å²) in [6.45, 7) is 4.04. The Bertz CT molecular complexity index is 422. The van der Waals surface area contributed by atoms with E-state index in [1.165, 1.54) is 11.3 Å². The monoisotopic (exact) mass is 278 g/mol. The Morgan fingerprint density at radius 2 is 2.31 bits per heavy atom. The molecule has 1 saturated heterocycles. The molecule has 0 amide bonds. The van der Waals surface area contributed by atoms with Crippen molar-refractivity contribution in [2.75, 3.05) is 18.0 Å². The SMILES string of the molecule is Cc1cc(N2CCCC(C#N)C2)ccc1Br. The molecule has 2 rings (SSSR count). The summed E-state index contributed by atoms with van der Waals surface area (Å²) in [7, 11) is 0. The zero-order valence-electron chi connectivity index (χ0n) is 9.41. The highest BCUT2D eigenvalue weighted by molar-refractivity contribution is 9.10. The van der Waals surface area contributed by atoms with Gasteiger partial charge in [0.25, 0.3) is 0 Å². The van der Waals surface area contributed by atoms with Crippen molar-refractivity contribution in [3.8, 4) is 6.07 Å². The van der Waals surface area contributed by atoms with E-state index in [0.29, 0.717) is 0 Å². The molecule has 0 N–H and O–H groups in total. The van der Waals surface area contributed by atoms with Crippen LogP contribution in [0.15, 0.2) is 22.7 Å². The summed E-state index contributed by atoms with van der Waals surface area (Å²) in [5.41, 5.74) is 2.48. The van der Waals surface area contributed by atoms with E-state index in [4.69, 9.17) is 5.26 Å². The first-order valence-corrected chi connectivity index (χ1v) is 6.40. The molecule has 1 heterocycles. The number of piperidine rings is 1. The third-order valence-corrected chi connectivity index (χ3v) is 4.00. The van der Waals surface area contributed by atoms with Crippen LogP contribution in [0.3, 0.4) is 0 Å². The molecular weight excluding hydrogens is 264 g/mol. The zero-order chi connectivity index (χ0) is 11.5. The van der Waals surface area contributed by atoms with Gasteiger partial charge in [-0.05, 0) is 43.5 Å². The third-order valence-electron chi connectivity index (χ3n) is 3.11. The van der Waals surface area contributed by atoms with Crippen molar-refractivity contribution in [1.82, 2.24) is 0 Å². The number of anilines is 1. The van der Waals surface area contributed by atoms with E-state index in [1.54, 1.807) is 0 Å². The highest BCUT2D eigenvalue weighted by atomic mass is 79.9.